The second kappa shape index (κ2) is 5.50. The first-order valence-corrected chi connectivity index (χ1v) is 6.29. The molecule has 1 aliphatic heterocycles. The van der Waals surface area contributed by atoms with E-state index in [-0.39, 0.29) is 24.7 Å². The second-order valence-corrected chi connectivity index (χ2v) is 5.23. The van der Waals surface area contributed by atoms with Gasteiger partial charge in [-0.05, 0) is 24.6 Å². The maximum absolute atomic E-state index is 12.0. The molecular formula is C14H17NO5. The van der Waals surface area contributed by atoms with Crippen molar-refractivity contribution in [3.63, 3.8) is 0 Å². The quantitative estimate of drug-likeness (QED) is 0.825. The summed E-state index contributed by atoms with van der Waals surface area (Å²) in [6, 6.07) is 6.57. The van der Waals surface area contributed by atoms with Crippen molar-refractivity contribution in [2.24, 2.45) is 0 Å². The molecule has 1 aromatic carbocycles. The van der Waals surface area contributed by atoms with Crippen LogP contribution in [0.3, 0.4) is 0 Å². The molecule has 2 rings (SSSR count). The Hall–Kier alpha value is -2.08. The maximum atomic E-state index is 12.0. The number of phenols is 1. The third kappa shape index (κ3) is 3.48. The van der Waals surface area contributed by atoms with Crippen LogP contribution in [-0.4, -0.2) is 52.3 Å². The summed E-state index contributed by atoms with van der Waals surface area (Å²) >= 11 is 0. The third-order valence-electron chi connectivity index (χ3n) is 3.21. The van der Waals surface area contributed by atoms with Gasteiger partial charge in [0.15, 0.2) is 0 Å². The molecule has 0 atom stereocenters. The largest absolute Gasteiger partial charge is 0.508 e. The normalized spacial score (nSPS) is 16.6. The van der Waals surface area contributed by atoms with E-state index in [1.807, 2.05) is 0 Å². The van der Waals surface area contributed by atoms with Crippen LogP contribution in [0.15, 0.2) is 24.3 Å². The van der Waals surface area contributed by atoms with Crippen molar-refractivity contribution in [2.75, 3.05) is 19.7 Å². The first kappa shape index (κ1) is 14.3. The van der Waals surface area contributed by atoms with Crippen molar-refractivity contribution < 1.29 is 24.5 Å². The van der Waals surface area contributed by atoms with Crippen molar-refractivity contribution in [1.29, 1.82) is 0 Å². The molecule has 20 heavy (non-hydrogen) atoms. The minimum absolute atomic E-state index is 0.0630. The fraction of sp³-hybridized carbons (Fsp3) is 0.429. The molecule has 0 bridgehead atoms. The maximum Gasteiger partial charge on any atom is 0.329 e. The summed E-state index contributed by atoms with van der Waals surface area (Å²) in [6.45, 7) is 2.20. The zero-order valence-corrected chi connectivity index (χ0v) is 11.2. The van der Waals surface area contributed by atoms with Gasteiger partial charge in [-0.2, -0.15) is 0 Å². The van der Waals surface area contributed by atoms with Crippen molar-refractivity contribution >= 4 is 11.9 Å². The molecule has 0 radical (unpaired) electrons. The summed E-state index contributed by atoms with van der Waals surface area (Å²) in [7, 11) is 0. The highest BCUT2D eigenvalue weighted by Gasteiger charge is 2.42. The van der Waals surface area contributed by atoms with Gasteiger partial charge in [0, 0.05) is 0 Å². The van der Waals surface area contributed by atoms with Crippen LogP contribution in [0.1, 0.15) is 12.5 Å². The summed E-state index contributed by atoms with van der Waals surface area (Å²) in [6.07, 6.45) is 0.212. The summed E-state index contributed by atoms with van der Waals surface area (Å²) in [5.74, 6) is -0.948. The standard InChI is InChI=1S/C14H17NO5/c1-14(20-7-13(18)19)8-15(9-14)12(17)6-10-3-2-4-11(16)5-10/h2-5,16H,6-9H2,1H3,(H,18,19). The first-order valence-electron chi connectivity index (χ1n) is 6.29. The number of hydrogen-bond donors (Lipinski definition) is 2. The number of ether oxygens (including phenoxy) is 1. The molecule has 6 nitrogen and oxygen atoms in total. The molecule has 6 heteroatoms. The van der Waals surface area contributed by atoms with Gasteiger partial charge in [0.2, 0.25) is 5.91 Å². The smallest absolute Gasteiger partial charge is 0.329 e. The Morgan fingerprint density at radius 2 is 2.10 bits per heavy atom. The number of hydrogen-bond acceptors (Lipinski definition) is 4. The first-order chi connectivity index (χ1) is 9.38. The van der Waals surface area contributed by atoms with Crippen LogP contribution >= 0.6 is 0 Å². The predicted octanol–water partition coefficient (Wildman–Crippen LogP) is 0.637. The highest BCUT2D eigenvalue weighted by molar-refractivity contribution is 5.80. The van der Waals surface area contributed by atoms with E-state index in [0.29, 0.717) is 13.1 Å². The number of carboxylic acid groups (broad SMARTS) is 1. The summed E-state index contributed by atoms with van der Waals surface area (Å²) in [4.78, 5) is 24.1. The molecule has 0 spiro atoms. The van der Waals surface area contributed by atoms with E-state index in [9.17, 15) is 14.7 Å². The average molecular weight is 279 g/mol. The van der Waals surface area contributed by atoms with Gasteiger partial charge in [0.25, 0.3) is 0 Å². The van der Waals surface area contributed by atoms with Gasteiger partial charge >= 0.3 is 5.97 Å². The molecule has 1 fully saturated rings. The van der Waals surface area contributed by atoms with Crippen molar-refractivity contribution in [3.8, 4) is 5.75 Å². The van der Waals surface area contributed by atoms with E-state index in [1.54, 1.807) is 36.1 Å². The lowest BCUT2D eigenvalue weighted by Crippen LogP contribution is -2.63. The molecule has 108 valence electrons. The Kier molecular flexibility index (Phi) is 3.94. The number of rotatable bonds is 5. The third-order valence-corrected chi connectivity index (χ3v) is 3.21. The number of phenolic OH excluding ortho intramolecular Hbond substituents is 1. The van der Waals surface area contributed by atoms with Crippen LogP contribution in [0.4, 0.5) is 0 Å². The molecule has 1 aromatic rings. The lowest BCUT2D eigenvalue weighted by atomic mass is 9.95. The fourth-order valence-electron chi connectivity index (χ4n) is 2.22. The molecule has 1 amide bonds. The monoisotopic (exact) mass is 279 g/mol. The van der Waals surface area contributed by atoms with Gasteiger partial charge in [-0.15, -0.1) is 0 Å². The minimum Gasteiger partial charge on any atom is -0.508 e. The number of amides is 1. The molecule has 1 saturated heterocycles. The summed E-state index contributed by atoms with van der Waals surface area (Å²) < 4.78 is 5.24. The van der Waals surface area contributed by atoms with Gasteiger partial charge in [-0.1, -0.05) is 12.1 Å². The molecule has 0 saturated carbocycles. The average Bonchev–Trinajstić information content (AvgIpc) is 2.33. The molecule has 0 aliphatic carbocycles. The summed E-state index contributed by atoms with van der Waals surface area (Å²) in [5.41, 5.74) is 0.169. The number of aromatic hydroxyl groups is 1. The molecular weight excluding hydrogens is 262 g/mol. The van der Waals surface area contributed by atoms with E-state index in [2.05, 4.69) is 0 Å². The Balaban J connectivity index is 1.83. The molecule has 1 heterocycles. The van der Waals surface area contributed by atoms with E-state index < -0.39 is 11.6 Å². The second-order valence-electron chi connectivity index (χ2n) is 5.23. The fourth-order valence-corrected chi connectivity index (χ4v) is 2.22. The topological polar surface area (TPSA) is 87.1 Å². The number of nitrogens with zero attached hydrogens (tertiary/aromatic N) is 1. The van der Waals surface area contributed by atoms with Crippen LogP contribution in [0.5, 0.6) is 5.75 Å². The van der Waals surface area contributed by atoms with Crippen LogP contribution in [-0.2, 0) is 20.7 Å². The zero-order chi connectivity index (χ0) is 14.8. The van der Waals surface area contributed by atoms with E-state index in [1.165, 1.54) is 0 Å². The van der Waals surface area contributed by atoms with Crippen LogP contribution < -0.4 is 0 Å². The van der Waals surface area contributed by atoms with Gasteiger partial charge in [0.1, 0.15) is 18.0 Å². The van der Waals surface area contributed by atoms with Crippen LogP contribution in [0, 0.1) is 0 Å². The van der Waals surface area contributed by atoms with Crippen molar-refractivity contribution in [3.05, 3.63) is 29.8 Å². The lowest BCUT2D eigenvalue weighted by molar-refractivity contribution is -0.172. The number of aliphatic carboxylic acids is 1. The van der Waals surface area contributed by atoms with Gasteiger partial charge in [-0.3, -0.25) is 4.79 Å². The van der Waals surface area contributed by atoms with Gasteiger partial charge in [-0.25, -0.2) is 4.79 Å². The van der Waals surface area contributed by atoms with Gasteiger partial charge < -0.3 is 19.8 Å². The Morgan fingerprint density at radius 3 is 2.70 bits per heavy atom. The number of likely N-dealkylation sites (tertiary alicyclic amines) is 1. The number of carboxylic acids is 1. The van der Waals surface area contributed by atoms with E-state index in [4.69, 9.17) is 9.84 Å². The molecule has 0 aromatic heterocycles. The zero-order valence-electron chi connectivity index (χ0n) is 11.2. The molecule has 1 aliphatic rings. The Morgan fingerprint density at radius 1 is 1.40 bits per heavy atom. The highest BCUT2D eigenvalue weighted by atomic mass is 16.5. The molecule has 0 unspecified atom stereocenters. The Bertz CT molecular complexity index is 522. The number of carbonyl (C=O) groups is 2. The number of carbonyl (C=O) groups excluding carboxylic acids is 1. The Labute approximate surface area is 116 Å². The minimum atomic E-state index is -1.02. The predicted molar refractivity (Wildman–Crippen MR) is 70.4 cm³/mol. The SMILES string of the molecule is CC1(OCC(=O)O)CN(C(=O)Cc2cccc(O)c2)C1. The van der Waals surface area contributed by atoms with Crippen molar-refractivity contribution in [2.45, 2.75) is 18.9 Å². The molecule has 2 N–H and O–H groups in total. The van der Waals surface area contributed by atoms with Crippen LogP contribution in [0.25, 0.3) is 0 Å². The lowest BCUT2D eigenvalue weighted by Gasteiger charge is -2.47. The van der Waals surface area contributed by atoms with Gasteiger partial charge in [0.05, 0.1) is 19.5 Å². The van der Waals surface area contributed by atoms with Crippen molar-refractivity contribution in [1.82, 2.24) is 4.90 Å². The van der Waals surface area contributed by atoms with Crippen LogP contribution in [0.2, 0.25) is 0 Å². The highest BCUT2D eigenvalue weighted by Crippen LogP contribution is 2.25. The van der Waals surface area contributed by atoms with E-state index >= 15 is 0 Å². The summed E-state index contributed by atoms with van der Waals surface area (Å²) in [5, 5.41) is 17.9. The van der Waals surface area contributed by atoms with E-state index in [0.717, 1.165) is 5.56 Å². The number of benzene rings is 1.